The summed E-state index contributed by atoms with van der Waals surface area (Å²) in [7, 11) is 1.88. The second-order valence-electron chi connectivity index (χ2n) is 4.78. The van der Waals surface area contributed by atoms with Gasteiger partial charge in [-0.05, 0) is 31.8 Å². The van der Waals surface area contributed by atoms with E-state index in [1.54, 1.807) is 4.90 Å². The van der Waals surface area contributed by atoms with Crippen LogP contribution >= 0.6 is 0 Å². The van der Waals surface area contributed by atoms with E-state index in [4.69, 9.17) is 0 Å². The van der Waals surface area contributed by atoms with Crippen molar-refractivity contribution in [1.29, 1.82) is 0 Å². The molecule has 0 aromatic rings. The number of hydrogen-bond donors (Lipinski definition) is 1. The average molecular weight is 211 g/mol. The fourth-order valence-electron chi connectivity index (χ4n) is 2.57. The summed E-state index contributed by atoms with van der Waals surface area (Å²) in [6.45, 7) is 7.90. The fraction of sp³-hybridized carbons (Fsp3) is 0.909. The normalized spacial score (nSPS) is 30.5. The van der Waals surface area contributed by atoms with Gasteiger partial charge in [0.25, 0.3) is 0 Å². The van der Waals surface area contributed by atoms with E-state index in [9.17, 15) is 4.79 Å². The third-order valence-corrected chi connectivity index (χ3v) is 3.72. The Labute approximate surface area is 91.6 Å². The highest BCUT2D eigenvalue weighted by atomic mass is 16.2. The van der Waals surface area contributed by atoms with E-state index < -0.39 is 0 Å². The lowest BCUT2D eigenvalue weighted by Crippen LogP contribution is -2.38. The maximum absolute atomic E-state index is 11.7. The summed E-state index contributed by atoms with van der Waals surface area (Å²) in [5.74, 6) is 1.82. The molecule has 0 saturated carbocycles. The van der Waals surface area contributed by atoms with E-state index in [-0.39, 0.29) is 5.91 Å². The molecule has 2 unspecified atom stereocenters. The predicted molar refractivity (Wildman–Crippen MR) is 59.6 cm³/mol. The van der Waals surface area contributed by atoms with Gasteiger partial charge in [-0.3, -0.25) is 9.69 Å². The minimum absolute atomic E-state index is 0.255. The molecule has 2 rings (SSSR count). The van der Waals surface area contributed by atoms with E-state index in [1.165, 1.54) is 0 Å². The van der Waals surface area contributed by atoms with Gasteiger partial charge >= 0.3 is 0 Å². The van der Waals surface area contributed by atoms with Gasteiger partial charge in [0.2, 0.25) is 5.91 Å². The maximum atomic E-state index is 11.7. The highest BCUT2D eigenvalue weighted by Gasteiger charge is 2.36. The molecule has 2 saturated heterocycles. The molecule has 86 valence electrons. The van der Waals surface area contributed by atoms with Crippen molar-refractivity contribution in [2.75, 3.05) is 46.3 Å². The molecule has 2 atom stereocenters. The Morgan fingerprint density at radius 1 is 1.40 bits per heavy atom. The van der Waals surface area contributed by atoms with Crippen molar-refractivity contribution in [3.8, 4) is 0 Å². The van der Waals surface area contributed by atoms with Gasteiger partial charge in [0.05, 0.1) is 6.54 Å². The first-order valence-corrected chi connectivity index (χ1v) is 5.87. The van der Waals surface area contributed by atoms with Crippen molar-refractivity contribution in [2.24, 2.45) is 11.8 Å². The number of hydrogen-bond acceptors (Lipinski definition) is 3. The maximum Gasteiger partial charge on any atom is 0.236 e. The molecule has 2 aliphatic rings. The van der Waals surface area contributed by atoms with Gasteiger partial charge in [-0.15, -0.1) is 0 Å². The number of nitrogens with zero attached hydrogens (tertiary/aromatic N) is 2. The average Bonchev–Trinajstić information content (AvgIpc) is 2.76. The van der Waals surface area contributed by atoms with Crippen molar-refractivity contribution in [3.05, 3.63) is 0 Å². The molecule has 2 heterocycles. The number of likely N-dealkylation sites (N-methyl/N-ethyl adjacent to an activating group) is 1. The quantitative estimate of drug-likeness (QED) is 0.691. The van der Waals surface area contributed by atoms with Crippen LogP contribution in [-0.2, 0) is 4.79 Å². The van der Waals surface area contributed by atoms with E-state index in [1.807, 2.05) is 14.0 Å². The third kappa shape index (κ3) is 2.32. The molecule has 1 amide bonds. The van der Waals surface area contributed by atoms with Gasteiger partial charge < -0.3 is 10.2 Å². The summed E-state index contributed by atoms with van der Waals surface area (Å²) in [5, 5.41) is 3.41. The first kappa shape index (κ1) is 10.9. The second kappa shape index (κ2) is 4.49. The Bertz CT molecular complexity index is 232. The van der Waals surface area contributed by atoms with Gasteiger partial charge in [-0.2, -0.15) is 0 Å². The van der Waals surface area contributed by atoms with Crippen LogP contribution in [0, 0.1) is 11.8 Å². The predicted octanol–water partition coefficient (Wildman–Crippen LogP) is -0.384. The fourth-order valence-corrected chi connectivity index (χ4v) is 2.57. The zero-order valence-corrected chi connectivity index (χ0v) is 9.70. The van der Waals surface area contributed by atoms with Crippen molar-refractivity contribution >= 4 is 5.91 Å². The molecular formula is C11H21N3O. The molecule has 0 aromatic heterocycles. The molecule has 15 heavy (non-hydrogen) atoms. The van der Waals surface area contributed by atoms with E-state index in [0.29, 0.717) is 6.54 Å². The first-order valence-electron chi connectivity index (χ1n) is 5.87. The number of fused-ring (bicyclic) bond motifs is 1. The van der Waals surface area contributed by atoms with Gasteiger partial charge in [0.1, 0.15) is 0 Å². The summed E-state index contributed by atoms with van der Waals surface area (Å²) in [4.78, 5) is 15.8. The van der Waals surface area contributed by atoms with Crippen LogP contribution in [0.1, 0.15) is 6.92 Å². The lowest BCUT2D eigenvalue weighted by atomic mass is 10.0. The molecular weight excluding hydrogens is 190 g/mol. The lowest BCUT2D eigenvalue weighted by molar-refractivity contribution is -0.130. The SMILES string of the molecule is CCN(C)C(=O)CN1CC2CNCC2C1. The van der Waals surface area contributed by atoms with Crippen LogP contribution in [0.3, 0.4) is 0 Å². The van der Waals surface area contributed by atoms with Crippen LogP contribution < -0.4 is 5.32 Å². The topological polar surface area (TPSA) is 35.6 Å². The summed E-state index contributed by atoms with van der Waals surface area (Å²) in [6, 6.07) is 0. The number of amides is 1. The van der Waals surface area contributed by atoms with Crippen LogP contribution in [0.15, 0.2) is 0 Å². The molecule has 0 radical (unpaired) electrons. The largest absolute Gasteiger partial charge is 0.345 e. The number of rotatable bonds is 3. The van der Waals surface area contributed by atoms with Crippen molar-refractivity contribution in [1.82, 2.24) is 15.1 Å². The van der Waals surface area contributed by atoms with Crippen molar-refractivity contribution in [2.45, 2.75) is 6.92 Å². The van der Waals surface area contributed by atoms with Gasteiger partial charge in [-0.1, -0.05) is 0 Å². The van der Waals surface area contributed by atoms with Crippen molar-refractivity contribution < 1.29 is 4.79 Å². The molecule has 0 aromatic carbocycles. The number of nitrogens with one attached hydrogen (secondary N) is 1. The Kier molecular flexibility index (Phi) is 3.26. The zero-order chi connectivity index (χ0) is 10.8. The van der Waals surface area contributed by atoms with E-state index in [0.717, 1.165) is 44.6 Å². The van der Waals surface area contributed by atoms with Crippen LogP contribution in [-0.4, -0.2) is 62.0 Å². The van der Waals surface area contributed by atoms with Crippen LogP contribution in [0.5, 0.6) is 0 Å². The summed E-state index contributed by atoms with van der Waals surface area (Å²) < 4.78 is 0. The number of carbonyl (C=O) groups excluding carboxylic acids is 1. The summed E-state index contributed by atoms with van der Waals surface area (Å²) >= 11 is 0. The van der Waals surface area contributed by atoms with Gasteiger partial charge in [-0.25, -0.2) is 0 Å². The lowest BCUT2D eigenvalue weighted by Gasteiger charge is -2.20. The molecule has 4 nitrogen and oxygen atoms in total. The highest BCUT2D eigenvalue weighted by Crippen LogP contribution is 2.25. The minimum Gasteiger partial charge on any atom is -0.345 e. The minimum atomic E-state index is 0.255. The summed E-state index contributed by atoms with van der Waals surface area (Å²) in [5.41, 5.74) is 0. The molecule has 2 aliphatic heterocycles. The molecule has 1 N–H and O–H groups in total. The van der Waals surface area contributed by atoms with Crippen LogP contribution in [0.4, 0.5) is 0 Å². The smallest absolute Gasteiger partial charge is 0.236 e. The second-order valence-corrected chi connectivity index (χ2v) is 4.78. The monoisotopic (exact) mass is 211 g/mol. The Morgan fingerprint density at radius 2 is 2.00 bits per heavy atom. The molecule has 0 bridgehead atoms. The molecule has 2 fully saturated rings. The van der Waals surface area contributed by atoms with E-state index >= 15 is 0 Å². The highest BCUT2D eigenvalue weighted by molar-refractivity contribution is 5.77. The molecule has 0 aliphatic carbocycles. The molecule has 0 spiro atoms. The number of likely N-dealkylation sites (tertiary alicyclic amines) is 1. The first-order chi connectivity index (χ1) is 7.20. The molecule has 4 heteroatoms. The number of carbonyl (C=O) groups is 1. The van der Waals surface area contributed by atoms with Crippen LogP contribution in [0.25, 0.3) is 0 Å². The van der Waals surface area contributed by atoms with Crippen LogP contribution in [0.2, 0.25) is 0 Å². The van der Waals surface area contributed by atoms with Gasteiger partial charge in [0, 0.05) is 26.7 Å². The third-order valence-electron chi connectivity index (χ3n) is 3.72. The summed E-state index contributed by atoms with van der Waals surface area (Å²) in [6.07, 6.45) is 0. The Balaban J connectivity index is 1.80. The van der Waals surface area contributed by atoms with Crippen molar-refractivity contribution in [3.63, 3.8) is 0 Å². The zero-order valence-electron chi connectivity index (χ0n) is 9.70. The Morgan fingerprint density at radius 3 is 2.53 bits per heavy atom. The van der Waals surface area contributed by atoms with Gasteiger partial charge in [0.15, 0.2) is 0 Å². The Hall–Kier alpha value is -0.610. The van der Waals surface area contributed by atoms with E-state index in [2.05, 4.69) is 10.2 Å². The standard InChI is InChI=1S/C11H21N3O/c1-3-13(2)11(15)8-14-6-9-4-12-5-10(9)7-14/h9-10,12H,3-8H2,1-2H3.